The number of amides is 1. The van der Waals surface area contributed by atoms with E-state index in [0.29, 0.717) is 6.54 Å². The summed E-state index contributed by atoms with van der Waals surface area (Å²) in [4.78, 5) is 10.8. The van der Waals surface area contributed by atoms with Crippen LogP contribution in [0.1, 0.15) is 46.0 Å². The number of carbonyl (C=O) groups is 1. The van der Waals surface area contributed by atoms with Crippen molar-refractivity contribution in [2.75, 3.05) is 6.54 Å². The summed E-state index contributed by atoms with van der Waals surface area (Å²) in [7, 11) is 0. The molecular formula is C11H22N2O2. The SMILES string of the molecule is CC(C)(CC1(CN)CCCC1)OC(N)=O. The average Bonchev–Trinajstić information content (AvgIpc) is 2.50. The molecule has 0 spiro atoms. The van der Waals surface area contributed by atoms with E-state index in [-0.39, 0.29) is 5.41 Å². The molecule has 0 aromatic rings. The Labute approximate surface area is 91.3 Å². The first-order valence-electron chi connectivity index (χ1n) is 5.58. The fraction of sp³-hybridized carbons (Fsp3) is 0.909. The molecule has 0 unspecified atom stereocenters. The predicted octanol–water partition coefficient (Wildman–Crippen LogP) is 1.77. The lowest BCUT2D eigenvalue weighted by atomic mass is 9.77. The van der Waals surface area contributed by atoms with Crippen molar-refractivity contribution in [3.63, 3.8) is 0 Å². The molecule has 4 N–H and O–H groups in total. The van der Waals surface area contributed by atoms with Crippen LogP contribution in [0.25, 0.3) is 0 Å². The maximum absolute atomic E-state index is 10.8. The van der Waals surface area contributed by atoms with Crippen molar-refractivity contribution in [3.8, 4) is 0 Å². The van der Waals surface area contributed by atoms with Crippen molar-refractivity contribution < 1.29 is 9.53 Å². The second-order valence-electron chi connectivity index (χ2n) is 5.27. The molecule has 1 amide bonds. The van der Waals surface area contributed by atoms with Gasteiger partial charge in [-0.1, -0.05) is 12.8 Å². The van der Waals surface area contributed by atoms with E-state index in [9.17, 15) is 4.79 Å². The van der Waals surface area contributed by atoms with Gasteiger partial charge in [-0.2, -0.15) is 0 Å². The number of hydrogen-bond acceptors (Lipinski definition) is 3. The minimum absolute atomic E-state index is 0.152. The highest BCUT2D eigenvalue weighted by Gasteiger charge is 2.39. The minimum Gasteiger partial charge on any atom is -0.444 e. The molecule has 0 saturated heterocycles. The van der Waals surface area contributed by atoms with Gasteiger partial charge in [0, 0.05) is 0 Å². The molecule has 4 nitrogen and oxygen atoms in total. The molecule has 0 atom stereocenters. The number of ether oxygens (including phenoxy) is 1. The fourth-order valence-electron chi connectivity index (χ4n) is 2.79. The summed E-state index contributed by atoms with van der Waals surface area (Å²) < 4.78 is 5.11. The van der Waals surface area contributed by atoms with Crippen LogP contribution in [-0.4, -0.2) is 18.2 Å². The normalized spacial score (nSPS) is 20.2. The van der Waals surface area contributed by atoms with Gasteiger partial charge in [0.25, 0.3) is 0 Å². The van der Waals surface area contributed by atoms with Crippen molar-refractivity contribution >= 4 is 6.09 Å². The van der Waals surface area contributed by atoms with Gasteiger partial charge in [-0.3, -0.25) is 0 Å². The average molecular weight is 214 g/mol. The highest BCUT2D eigenvalue weighted by Crippen LogP contribution is 2.43. The van der Waals surface area contributed by atoms with Gasteiger partial charge in [-0.15, -0.1) is 0 Å². The predicted molar refractivity (Wildman–Crippen MR) is 59.3 cm³/mol. The monoisotopic (exact) mass is 214 g/mol. The van der Waals surface area contributed by atoms with E-state index in [0.717, 1.165) is 19.3 Å². The maximum Gasteiger partial charge on any atom is 0.405 e. The Balaban J connectivity index is 2.61. The number of nitrogens with two attached hydrogens (primary N) is 2. The van der Waals surface area contributed by atoms with Crippen molar-refractivity contribution in [2.24, 2.45) is 16.9 Å². The van der Waals surface area contributed by atoms with Gasteiger partial charge < -0.3 is 16.2 Å². The Morgan fingerprint density at radius 3 is 2.33 bits per heavy atom. The van der Waals surface area contributed by atoms with E-state index in [4.69, 9.17) is 16.2 Å². The van der Waals surface area contributed by atoms with Gasteiger partial charge in [-0.25, -0.2) is 4.79 Å². The fourth-order valence-corrected chi connectivity index (χ4v) is 2.79. The van der Waals surface area contributed by atoms with Gasteiger partial charge in [-0.05, 0) is 45.1 Å². The van der Waals surface area contributed by atoms with Crippen LogP contribution >= 0.6 is 0 Å². The van der Waals surface area contributed by atoms with Crippen LogP contribution in [0.5, 0.6) is 0 Å². The van der Waals surface area contributed by atoms with Crippen molar-refractivity contribution in [1.29, 1.82) is 0 Å². The molecule has 15 heavy (non-hydrogen) atoms. The molecule has 0 heterocycles. The number of hydrogen-bond donors (Lipinski definition) is 2. The molecule has 0 aromatic heterocycles. The Hall–Kier alpha value is -0.770. The summed E-state index contributed by atoms with van der Waals surface area (Å²) >= 11 is 0. The zero-order valence-corrected chi connectivity index (χ0v) is 9.71. The van der Waals surface area contributed by atoms with E-state index < -0.39 is 11.7 Å². The van der Waals surface area contributed by atoms with E-state index in [1.165, 1.54) is 12.8 Å². The third-order valence-corrected chi connectivity index (χ3v) is 3.27. The first kappa shape index (κ1) is 12.3. The number of rotatable bonds is 4. The van der Waals surface area contributed by atoms with Gasteiger partial charge in [0.15, 0.2) is 0 Å². The lowest BCUT2D eigenvalue weighted by Crippen LogP contribution is -2.40. The molecule has 0 radical (unpaired) electrons. The van der Waals surface area contributed by atoms with Crippen LogP contribution in [0.2, 0.25) is 0 Å². The van der Waals surface area contributed by atoms with Crippen LogP contribution in [0.15, 0.2) is 0 Å². The number of primary amides is 1. The second kappa shape index (κ2) is 4.39. The van der Waals surface area contributed by atoms with Crippen LogP contribution in [0.4, 0.5) is 4.79 Å². The molecule has 1 fully saturated rings. The molecule has 1 aliphatic carbocycles. The minimum atomic E-state index is -0.704. The highest BCUT2D eigenvalue weighted by molar-refractivity contribution is 5.65. The van der Waals surface area contributed by atoms with Crippen LogP contribution in [0.3, 0.4) is 0 Å². The molecule has 0 bridgehead atoms. The van der Waals surface area contributed by atoms with Crippen molar-refractivity contribution in [2.45, 2.75) is 51.6 Å². The summed E-state index contributed by atoms with van der Waals surface area (Å²) in [6.45, 7) is 4.46. The van der Waals surface area contributed by atoms with Gasteiger partial charge >= 0.3 is 6.09 Å². The molecule has 1 saturated carbocycles. The molecule has 88 valence electrons. The molecule has 1 rings (SSSR count). The zero-order valence-electron chi connectivity index (χ0n) is 9.71. The Bertz CT molecular complexity index is 233. The van der Waals surface area contributed by atoms with E-state index in [2.05, 4.69) is 0 Å². The lowest BCUT2D eigenvalue weighted by Gasteiger charge is -2.35. The standard InChI is InChI=1S/C11H22N2O2/c1-10(2,15-9(13)14)7-11(8-12)5-3-4-6-11/h3-8,12H2,1-2H3,(H2,13,14). The first-order valence-corrected chi connectivity index (χ1v) is 5.58. The molecular weight excluding hydrogens is 192 g/mol. The summed E-state index contributed by atoms with van der Waals surface area (Å²) in [5.41, 5.74) is 10.5. The maximum atomic E-state index is 10.8. The van der Waals surface area contributed by atoms with Crippen LogP contribution < -0.4 is 11.5 Å². The summed E-state index contributed by atoms with van der Waals surface area (Å²) in [6, 6.07) is 0. The largest absolute Gasteiger partial charge is 0.444 e. The van der Waals surface area contributed by atoms with Gasteiger partial charge in [0.1, 0.15) is 5.60 Å². The van der Waals surface area contributed by atoms with Crippen LogP contribution in [0, 0.1) is 5.41 Å². The molecule has 0 aliphatic heterocycles. The Kier molecular flexibility index (Phi) is 3.60. The zero-order chi connectivity index (χ0) is 11.5. The quantitative estimate of drug-likeness (QED) is 0.748. The smallest absolute Gasteiger partial charge is 0.405 e. The third kappa shape index (κ3) is 3.38. The molecule has 1 aliphatic rings. The van der Waals surface area contributed by atoms with E-state index in [1.807, 2.05) is 13.8 Å². The third-order valence-electron chi connectivity index (χ3n) is 3.27. The number of carbonyl (C=O) groups excluding carboxylic acids is 1. The van der Waals surface area contributed by atoms with Gasteiger partial charge in [0.2, 0.25) is 0 Å². The van der Waals surface area contributed by atoms with Crippen LogP contribution in [-0.2, 0) is 4.74 Å². The Morgan fingerprint density at radius 1 is 1.40 bits per heavy atom. The second-order valence-corrected chi connectivity index (χ2v) is 5.27. The van der Waals surface area contributed by atoms with Gasteiger partial charge in [0.05, 0.1) is 0 Å². The highest BCUT2D eigenvalue weighted by atomic mass is 16.6. The first-order chi connectivity index (χ1) is 6.89. The van der Waals surface area contributed by atoms with Crippen molar-refractivity contribution in [3.05, 3.63) is 0 Å². The molecule has 4 heteroatoms. The topological polar surface area (TPSA) is 78.3 Å². The summed E-state index contributed by atoms with van der Waals surface area (Å²) in [5.74, 6) is 0. The van der Waals surface area contributed by atoms with E-state index in [1.54, 1.807) is 0 Å². The Morgan fingerprint density at radius 2 is 1.93 bits per heavy atom. The lowest BCUT2D eigenvalue weighted by molar-refractivity contribution is 0.00670. The van der Waals surface area contributed by atoms with E-state index >= 15 is 0 Å². The summed E-state index contributed by atoms with van der Waals surface area (Å²) in [5, 5.41) is 0. The summed E-state index contributed by atoms with van der Waals surface area (Å²) in [6.07, 6.45) is 4.82. The molecule has 0 aromatic carbocycles. The van der Waals surface area contributed by atoms with Crippen molar-refractivity contribution in [1.82, 2.24) is 0 Å².